The van der Waals surface area contributed by atoms with Crippen LogP contribution in [0.25, 0.3) is 0 Å². The highest BCUT2D eigenvalue weighted by atomic mass is 16.5. The number of aliphatic hydroxyl groups is 1. The molecule has 0 bridgehead atoms. The highest BCUT2D eigenvalue weighted by Crippen LogP contribution is 2.31. The van der Waals surface area contributed by atoms with Crippen molar-refractivity contribution in [2.24, 2.45) is 21.9 Å². The summed E-state index contributed by atoms with van der Waals surface area (Å²) in [5.74, 6) is -0.957. The molecule has 10 nitrogen and oxygen atoms in total. The Hall–Kier alpha value is -3.37. The lowest BCUT2D eigenvalue weighted by Gasteiger charge is -2.09. The molecule has 2 aromatic rings. The number of para-hydroxylation sites is 1. The number of hydrogen-bond acceptors (Lipinski definition) is 9. The number of aliphatic hydroxyl groups excluding tert-OH is 1. The molecule has 0 saturated heterocycles. The minimum absolute atomic E-state index is 0.0673. The lowest BCUT2D eigenvalue weighted by Crippen LogP contribution is -2.20. The molecule has 0 fully saturated rings. The van der Waals surface area contributed by atoms with Gasteiger partial charge in [-0.3, -0.25) is 9.59 Å². The predicted octanol–water partition coefficient (Wildman–Crippen LogP) is 1.90. The van der Waals surface area contributed by atoms with E-state index < -0.39 is 11.9 Å². The van der Waals surface area contributed by atoms with Crippen LogP contribution < -0.4 is 21.5 Å². The average molecular weight is 386 g/mol. The van der Waals surface area contributed by atoms with Gasteiger partial charge in [0.15, 0.2) is 11.6 Å². The Bertz CT molecular complexity index is 871. The Balaban J connectivity index is 2.15. The topological polar surface area (TPSA) is 165 Å². The number of carbonyl (C=O) groups excluding carboxylic acids is 2. The second-order valence-corrected chi connectivity index (χ2v) is 5.86. The molecule has 0 radical (unpaired) electrons. The number of amides is 1. The molecule has 0 saturated carbocycles. The highest BCUT2D eigenvalue weighted by molar-refractivity contribution is 5.90. The van der Waals surface area contributed by atoms with Crippen LogP contribution in [0.3, 0.4) is 0 Å². The Morgan fingerprint density at radius 3 is 2.61 bits per heavy atom. The van der Waals surface area contributed by atoms with Crippen LogP contribution in [0.15, 0.2) is 46.6 Å². The fraction of sp³-hybridized carbons (Fsp3) is 0.278. The lowest BCUT2D eigenvalue weighted by atomic mass is 10.2. The van der Waals surface area contributed by atoms with Gasteiger partial charge in [-0.05, 0) is 31.2 Å². The van der Waals surface area contributed by atoms with Crippen LogP contribution in [0, 0.1) is 5.92 Å². The molecular weight excluding hydrogens is 364 g/mol. The molecule has 28 heavy (non-hydrogen) atoms. The van der Waals surface area contributed by atoms with Crippen molar-refractivity contribution in [2.45, 2.75) is 13.3 Å². The molecule has 6 N–H and O–H groups in total. The van der Waals surface area contributed by atoms with Crippen LogP contribution in [-0.4, -0.2) is 35.1 Å². The van der Waals surface area contributed by atoms with Gasteiger partial charge < -0.3 is 26.6 Å². The van der Waals surface area contributed by atoms with Gasteiger partial charge in [-0.25, -0.2) is 4.98 Å². The monoisotopic (exact) mass is 386 g/mol. The van der Waals surface area contributed by atoms with Crippen molar-refractivity contribution in [3.8, 4) is 5.75 Å². The summed E-state index contributed by atoms with van der Waals surface area (Å²) >= 11 is 0. The number of nitrogens with zero attached hydrogens (tertiary/aromatic N) is 3. The predicted molar refractivity (Wildman–Crippen MR) is 103 cm³/mol. The van der Waals surface area contributed by atoms with E-state index in [-0.39, 0.29) is 48.6 Å². The van der Waals surface area contributed by atoms with E-state index in [2.05, 4.69) is 20.5 Å². The van der Waals surface area contributed by atoms with Crippen LogP contribution in [0.1, 0.15) is 13.3 Å². The van der Waals surface area contributed by atoms with Gasteiger partial charge in [-0.2, -0.15) is 0 Å². The normalized spacial score (nSPS) is 12.0. The van der Waals surface area contributed by atoms with E-state index in [1.54, 1.807) is 37.3 Å². The standard InChI is InChI=1S/C18H22N6O4/c1-11(10-25)18(27)28-14-5-3-2-4-12(14)23-24-13-6-7-15(22-17(13)20)21-16(26)8-9-19/h2-7,11,25H,8-10,19H2,1H3,(H3,20,21,22,26)/b24-23+/t11-/m0/s1. The zero-order chi connectivity index (χ0) is 20.5. The van der Waals surface area contributed by atoms with Crippen molar-refractivity contribution in [1.82, 2.24) is 4.98 Å². The SMILES string of the molecule is C[C@@H](CO)C(=O)Oc1ccccc1/N=N/c1ccc(NC(=O)CCN)nc1N. The molecule has 1 heterocycles. The lowest BCUT2D eigenvalue weighted by molar-refractivity contribution is -0.139. The van der Waals surface area contributed by atoms with E-state index in [9.17, 15) is 9.59 Å². The van der Waals surface area contributed by atoms with Gasteiger partial charge in [0.25, 0.3) is 0 Å². The molecule has 1 aromatic heterocycles. The second kappa shape index (κ2) is 10.1. The van der Waals surface area contributed by atoms with Gasteiger partial charge in [0, 0.05) is 13.0 Å². The fourth-order valence-electron chi connectivity index (χ4n) is 1.98. The van der Waals surface area contributed by atoms with Crippen LogP contribution in [-0.2, 0) is 9.59 Å². The van der Waals surface area contributed by atoms with Crippen LogP contribution >= 0.6 is 0 Å². The molecule has 0 aliphatic rings. The van der Waals surface area contributed by atoms with Crippen LogP contribution in [0.2, 0.25) is 0 Å². The fourth-order valence-corrected chi connectivity index (χ4v) is 1.98. The Kier molecular flexibility index (Phi) is 7.55. The van der Waals surface area contributed by atoms with Gasteiger partial charge in [0.05, 0.1) is 12.5 Å². The number of carbonyl (C=O) groups is 2. The van der Waals surface area contributed by atoms with Crippen molar-refractivity contribution >= 4 is 34.9 Å². The van der Waals surface area contributed by atoms with Crippen molar-refractivity contribution < 1.29 is 19.4 Å². The number of ether oxygens (including phenoxy) is 1. The molecule has 0 aliphatic heterocycles. The summed E-state index contributed by atoms with van der Waals surface area (Å²) in [5.41, 5.74) is 11.8. The third-order valence-electron chi connectivity index (χ3n) is 3.56. The number of rotatable bonds is 8. The Labute approximate surface area is 161 Å². The molecule has 0 unspecified atom stereocenters. The highest BCUT2D eigenvalue weighted by Gasteiger charge is 2.16. The third-order valence-corrected chi connectivity index (χ3v) is 3.56. The summed E-state index contributed by atoms with van der Waals surface area (Å²) in [6.07, 6.45) is 0.174. The van der Waals surface area contributed by atoms with E-state index in [1.165, 1.54) is 6.07 Å². The van der Waals surface area contributed by atoms with Gasteiger partial charge >= 0.3 is 5.97 Å². The summed E-state index contributed by atoms with van der Waals surface area (Å²) in [5, 5.41) is 19.7. The molecule has 148 valence electrons. The van der Waals surface area contributed by atoms with Crippen molar-refractivity contribution in [2.75, 3.05) is 24.2 Å². The van der Waals surface area contributed by atoms with Crippen molar-refractivity contribution in [3.05, 3.63) is 36.4 Å². The first kappa shape index (κ1) is 20.9. The van der Waals surface area contributed by atoms with E-state index in [0.717, 1.165) is 0 Å². The smallest absolute Gasteiger partial charge is 0.316 e. The van der Waals surface area contributed by atoms with Gasteiger partial charge in [0.1, 0.15) is 17.2 Å². The van der Waals surface area contributed by atoms with E-state index >= 15 is 0 Å². The summed E-state index contributed by atoms with van der Waals surface area (Å²) in [7, 11) is 0. The number of esters is 1. The van der Waals surface area contributed by atoms with E-state index in [4.69, 9.17) is 21.3 Å². The van der Waals surface area contributed by atoms with Gasteiger partial charge in [-0.15, -0.1) is 10.2 Å². The largest absolute Gasteiger partial charge is 0.424 e. The molecular formula is C18H22N6O4. The quantitative estimate of drug-likeness (QED) is 0.305. The van der Waals surface area contributed by atoms with Crippen LogP contribution in [0.4, 0.5) is 23.0 Å². The maximum absolute atomic E-state index is 11.9. The maximum Gasteiger partial charge on any atom is 0.316 e. The zero-order valence-corrected chi connectivity index (χ0v) is 15.3. The number of anilines is 2. The zero-order valence-electron chi connectivity index (χ0n) is 15.3. The van der Waals surface area contributed by atoms with Gasteiger partial charge in [0.2, 0.25) is 5.91 Å². The maximum atomic E-state index is 11.9. The third kappa shape index (κ3) is 5.83. The number of nitrogens with two attached hydrogens (primary N) is 2. The van der Waals surface area contributed by atoms with E-state index in [1.807, 2.05) is 0 Å². The Morgan fingerprint density at radius 2 is 1.93 bits per heavy atom. The molecule has 1 amide bonds. The minimum atomic E-state index is -0.660. The first-order valence-corrected chi connectivity index (χ1v) is 8.54. The van der Waals surface area contributed by atoms with Crippen LogP contribution in [0.5, 0.6) is 5.75 Å². The number of nitrogen functional groups attached to an aromatic ring is 1. The number of nitrogens with one attached hydrogen (secondary N) is 1. The van der Waals surface area contributed by atoms with Crippen molar-refractivity contribution in [3.63, 3.8) is 0 Å². The minimum Gasteiger partial charge on any atom is -0.424 e. The number of azo groups is 1. The number of benzene rings is 1. The van der Waals surface area contributed by atoms with Gasteiger partial charge in [-0.1, -0.05) is 12.1 Å². The number of aromatic nitrogens is 1. The summed E-state index contributed by atoms with van der Waals surface area (Å²) in [6.45, 7) is 1.46. The van der Waals surface area contributed by atoms with E-state index in [0.29, 0.717) is 5.69 Å². The average Bonchev–Trinajstić information content (AvgIpc) is 2.67. The number of pyridine rings is 1. The molecule has 0 spiro atoms. The molecule has 0 aliphatic carbocycles. The molecule has 10 heteroatoms. The second-order valence-electron chi connectivity index (χ2n) is 5.86. The first-order chi connectivity index (χ1) is 13.4. The first-order valence-electron chi connectivity index (χ1n) is 8.54. The summed E-state index contributed by atoms with van der Waals surface area (Å²) < 4.78 is 5.25. The van der Waals surface area contributed by atoms with Crippen molar-refractivity contribution in [1.29, 1.82) is 0 Å². The summed E-state index contributed by atoms with van der Waals surface area (Å²) in [6, 6.07) is 9.65. The molecule has 2 rings (SSSR count). The molecule has 1 aromatic carbocycles. The Morgan fingerprint density at radius 1 is 1.21 bits per heavy atom. The number of hydrogen-bond donors (Lipinski definition) is 4. The molecule has 1 atom stereocenters. The summed E-state index contributed by atoms with van der Waals surface area (Å²) in [4.78, 5) is 27.5.